The molecule has 0 saturated carbocycles. The van der Waals surface area contributed by atoms with Gasteiger partial charge in [-0.2, -0.15) is 0 Å². The summed E-state index contributed by atoms with van der Waals surface area (Å²) in [6, 6.07) is 8.97. The number of anilines is 1. The number of halogens is 2. The van der Waals surface area contributed by atoms with E-state index in [2.05, 4.69) is 41.0 Å². The topological polar surface area (TPSA) is 52.8 Å². The summed E-state index contributed by atoms with van der Waals surface area (Å²) in [5.41, 5.74) is 8.39. The third-order valence-electron chi connectivity index (χ3n) is 5.35. The minimum Gasteiger partial charge on any atom is -0.369 e. The Morgan fingerprint density at radius 1 is 1.15 bits per heavy atom. The van der Waals surface area contributed by atoms with Crippen molar-refractivity contribution in [3.8, 4) is 0 Å². The molecule has 2 N–H and O–H groups in total. The number of rotatable bonds is 5. The summed E-state index contributed by atoms with van der Waals surface area (Å²) < 4.78 is 0. The van der Waals surface area contributed by atoms with Crippen LogP contribution in [0.15, 0.2) is 24.3 Å². The Morgan fingerprint density at radius 3 is 2.54 bits per heavy atom. The van der Waals surface area contributed by atoms with Crippen LogP contribution in [0.3, 0.4) is 0 Å². The molecule has 2 heterocycles. The molecular weight excluding hydrogens is 371 g/mol. The molecule has 148 valence electrons. The molecule has 2 fully saturated rings. The SMILES string of the molecule is Cc1cccc(N2CCN(CCC(=O)N3CCCC3CN)CC2)c1.Cl.Cl. The van der Waals surface area contributed by atoms with Crippen LogP contribution in [0.1, 0.15) is 24.8 Å². The van der Waals surface area contributed by atoms with Gasteiger partial charge in [0.15, 0.2) is 0 Å². The number of aryl methyl sites for hydroxylation is 1. The quantitative estimate of drug-likeness (QED) is 0.820. The molecule has 7 heteroatoms. The van der Waals surface area contributed by atoms with Crippen LogP contribution >= 0.6 is 24.8 Å². The fourth-order valence-corrected chi connectivity index (χ4v) is 3.86. The maximum absolute atomic E-state index is 12.4. The largest absolute Gasteiger partial charge is 0.369 e. The van der Waals surface area contributed by atoms with Gasteiger partial charge in [-0.3, -0.25) is 9.69 Å². The summed E-state index contributed by atoms with van der Waals surface area (Å²) in [6.45, 7) is 8.62. The average Bonchev–Trinajstić information content (AvgIpc) is 3.09. The third kappa shape index (κ3) is 5.74. The van der Waals surface area contributed by atoms with E-state index in [0.717, 1.165) is 52.1 Å². The predicted octanol–water partition coefficient (Wildman–Crippen LogP) is 2.30. The molecule has 1 aromatic rings. The number of likely N-dealkylation sites (tertiary alicyclic amines) is 1. The van der Waals surface area contributed by atoms with Gasteiger partial charge in [0.25, 0.3) is 0 Å². The van der Waals surface area contributed by atoms with Gasteiger partial charge in [-0.1, -0.05) is 12.1 Å². The van der Waals surface area contributed by atoms with E-state index in [-0.39, 0.29) is 36.8 Å². The zero-order chi connectivity index (χ0) is 16.9. The first-order chi connectivity index (χ1) is 11.7. The van der Waals surface area contributed by atoms with Crippen LogP contribution < -0.4 is 10.6 Å². The Morgan fingerprint density at radius 2 is 1.88 bits per heavy atom. The Balaban J connectivity index is 0.00000169. The molecule has 26 heavy (non-hydrogen) atoms. The number of hydrogen-bond donors (Lipinski definition) is 1. The normalized spacial score (nSPS) is 20.5. The predicted molar refractivity (Wildman–Crippen MR) is 113 cm³/mol. The van der Waals surface area contributed by atoms with Crippen LogP contribution in [-0.2, 0) is 4.79 Å². The Bertz CT molecular complexity index is 564. The van der Waals surface area contributed by atoms with Gasteiger partial charge >= 0.3 is 0 Å². The van der Waals surface area contributed by atoms with E-state index in [4.69, 9.17) is 5.73 Å². The molecular formula is C19H32Cl2N4O. The number of nitrogens with two attached hydrogens (primary N) is 1. The van der Waals surface area contributed by atoms with Gasteiger partial charge in [-0.25, -0.2) is 0 Å². The molecule has 1 amide bonds. The van der Waals surface area contributed by atoms with Crippen molar-refractivity contribution in [2.24, 2.45) is 5.73 Å². The van der Waals surface area contributed by atoms with Gasteiger partial charge in [-0.05, 0) is 37.5 Å². The van der Waals surface area contributed by atoms with Crippen molar-refractivity contribution < 1.29 is 4.79 Å². The Labute approximate surface area is 169 Å². The van der Waals surface area contributed by atoms with Crippen LogP contribution in [0, 0.1) is 6.92 Å². The van der Waals surface area contributed by atoms with Crippen LogP contribution in [0.25, 0.3) is 0 Å². The Kier molecular flexibility index (Phi) is 9.72. The van der Waals surface area contributed by atoms with E-state index in [1.54, 1.807) is 0 Å². The lowest BCUT2D eigenvalue weighted by Crippen LogP contribution is -2.48. The fourth-order valence-electron chi connectivity index (χ4n) is 3.86. The summed E-state index contributed by atoms with van der Waals surface area (Å²) in [5, 5.41) is 0. The minimum absolute atomic E-state index is 0. The van der Waals surface area contributed by atoms with E-state index in [9.17, 15) is 4.79 Å². The van der Waals surface area contributed by atoms with Crippen molar-refractivity contribution in [1.29, 1.82) is 0 Å². The van der Waals surface area contributed by atoms with Crippen molar-refractivity contribution in [3.63, 3.8) is 0 Å². The second kappa shape index (κ2) is 11.0. The van der Waals surface area contributed by atoms with Gasteiger partial charge in [0.2, 0.25) is 5.91 Å². The molecule has 2 aliphatic rings. The molecule has 1 atom stereocenters. The summed E-state index contributed by atoms with van der Waals surface area (Å²) in [4.78, 5) is 19.3. The average molecular weight is 403 g/mol. The maximum atomic E-state index is 12.4. The van der Waals surface area contributed by atoms with Crippen LogP contribution in [-0.4, -0.2) is 67.6 Å². The van der Waals surface area contributed by atoms with Crippen molar-refractivity contribution in [2.75, 3.05) is 50.7 Å². The lowest BCUT2D eigenvalue weighted by Gasteiger charge is -2.36. The fraction of sp³-hybridized carbons (Fsp3) is 0.632. The minimum atomic E-state index is 0. The first-order valence-corrected chi connectivity index (χ1v) is 9.21. The first-order valence-electron chi connectivity index (χ1n) is 9.21. The van der Waals surface area contributed by atoms with Gasteiger partial charge in [-0.15, -0.1) is 24.8 Å². The molecule has 1 aromatic carbocycles. The van der Waals surface area contributed by atoms with Crippen molar-refractivity contribution in [2.45, 2.75) is 32.2 Å². The second-order valence-electron chi connectivity index (χ2n) is 7.04. The molecule has 0 bridgehead atoms. The van der Waals surface area contributed by atoms with Gasteiger partial charge in [0.1, 0.15) is 0 Å². The lowest BCUT2D eigenvalue weighted by molar-refractivity contribution is -0.132. The smallest absolute Gasteiger partial charge is 0.224 e. The maximum Gasteiger partial charge on any atom is 0.224 e. The number of benzene rings is 1. The van der Waals surface area contributed by atoms with Crippen LogP contribution in [0.4, 0.5) is 5.69 Å². The van der Waals surface area contributed by atoms with Crippen LogP contribution in [0.2, 0.25) is 0 Å². The van der Waals surface area contributed by atoms with E-state index in [1.165, 1.54) is 11.3 Å². The van der Waals surface area contributed by atoms with E-state index < -0.39 is 0 Å². The van der Waals surface area contributed by atoms with Crippen molar-refractivity contribution >= 4 is 36.4 Å². The summed E-state index contributed by atoms with van der Waals surface area (Å²) in [5.74, 6) is 0.282. The number of carbonyl (C=O) groups is 1. The molecule has 3 rings (SSSR count). The summed E-state index contributed by atoms with van der Waals surface area (Å²) in [7, 11) is 0. The molecule has 5 nitrogen and oxygen atoms in total. The van der Waals surface area contributed by atoms with E-state index >= 15 is 0 Å². The Hall–Kier alpha value is -1.01. The zero-order valence-electron chi connectivity index (χ0n) is 15.6. The summed E-state index contributed by atoms with van der Waals surface area (Å²) in [6.07, 6.45) is 2.79. The highest BCUT2D eigenvalue weighted by Crippen LogP contribution is 2.19. The molecule has 0 aromatic heterocycles. The van der Waals surface area contributed by atoms with Gasteiger partial charge in [0, 0.05) is 64.0 Å². The highest BCUT2D eigenvalue weighted by molar-refractivity contribution is 5.85. The zero-order valence-corrected chi connectivity index (χ0v) is 17.2. The van der Waals surface area contributed by atoms with Crippen molar-refractivity contribution in [3.05, 3.63) is 29.8 Å². The number of piperazine rings is 1. The van der Waals surface area contributed by atoms with E-state index in [1.807, 2.05) is 4.90 Å². The molecule has 2 saturated heterocycles. The van der Waals surface area contributed by atoms with Gasteiger partial charge < -0.3 is 15.5 Å². The second-order valence-corrected chi connectivity index (χ2v) is 7.04. The van der Waals surface area contributed by atoms with Crippen molar-refractivity contribution in [1.82, 2.24) is 9.80 Å². The highest BCUT2D eigenvalue weighted by Gasteiger charge is 2.27. The lowest BCUT2D eigenvalue weighted by atomic mass is 10.2. The molecule has 0 spiro atoms. The number of carbonyl (C=O) groups excluding carboxylic acids is 1. The number of amides is 1. The van der Waals surface area contributed by atoms with E-state index in [0.29, 0.717) is 13.0 Å². The standard InChI is InChI=1S/C19H30N4O.2ClH/c1-16-4-2-5-17(14-16)22-12-10-21(11-13-22)9-7-19(24)23-8-3-6-18(23)15-20;;/h2,4-5,14,18H,3,6-13,15,20H2,1H3;2*1H. The van der Waals surface area contributed by atoms with Gasteiger partial charge in [0.05, 0.1) is 0 Å². The molecule has 2 aliphatic heterocycles. The molecule has 0 radical (unpaired) electrons. The molecule has 1 unspecified atom stereocenters. The number of nitrogens with zero attached hydrogens (tertiary/aromatic N) is 3. The first kappa shape index (κ1) is 23.0. The number of hydrogen-bond acceptors (Lipinski definition) is 4. The van der Waals surface area contributed by atoms with Crippen LogP contribution in [0.5, 0.6) is 0 Å². The summed E-state index contributed by atoms with van der Waals surface area (Å²) >= 11 is 0. The monoisotopic (exact) mass is 402 g/mol. The highest BCUT2D eigenvalue weighted by atomic mass is 35.5. The molecule has 0 aliphatic carbocycles. The third-order valence-corrected chi connectivity index (χ3v) is 5.35.